The molecule has 113 heavy (non-hydrogen) atoms. The number of allylic oxidation sites excluding steroid dienone is 8. The van der Waals surface area contributed by atoms with Crippen LogP contribution in [0.4, 0.5) is 16.5 Å². The zero-order valence-corrected chi connectivity index (χ0v) is 66.5. The van der Waals surface area contributed by atoms with E-state index in [4.69, 9.17) is 19.7 Å². The predicted molar refractivity (Wildman–Crippen MR) is 415 cm³/mol. The van der Waals surface area contributed by atoms with Gasteiger partial charge in [-0.25, -0.2) is 13.6 Å². The van der Waals surface area contributed by atoms with E-state index in [1.165, 1.54) is 19.9 Å². The Morgan fingerprint density at radius 3 is 1.83 bits per heavy atom. The number of nitrogens with zero attached hydrogens (tertiary/aromatic N) is 7. The number of hydrogen-bond donors (Lipinski definition) is 18. The Kier molecular flexibility index (Phi) is 36.9. The fraction of sp³-hybridized carbons (Fsp3) is 0.575. The lowest BCUT2D eigenvalue weighted by molar-refractivity contribution is -0.438. The third-order valence-corrected chi connectivity index (χ3v) is 22.4. The second-order valence-electron chi connectivity index (χ2n) is 28.4. The van der Waals surface area contributed by atoms with Gasteiger partial charge in [-0.3, -0.25) is 38.0 Å². The minimum atomic E-state index is -4.38. The normalized spacial score (nSPS) is 17.2. The number of carbonyl (C=O) groups is 6. The molecule has 19 N–H and O–H groups in total. The largest absolute Gasteiger partial charge is 0.394 e. The number of aliphatic hydroxyl groups excluding tert-OH is 10. The van der Waals surface area contributed by atoms with Crippen LogP contribution in [-0.2, 0) is 72.6 Å². The summed E-state index contributed by atoms with van der Waals surface area (Å²) in [6.45, 7) is 10.3. The molecule has 0 saturated heterocycles. The molecule has 0 saturated carbocycles. The van der Waals surface area contributed by atoms with Gasteiger partial charge < -0.3 is 97.3 Å². The second kappa shape index (κ2) is 44.6. The van der Waals surface area contributed by atoms with Crippen molar-refractivity contribution in [3.8, 4) is 0 Å². The zero-order chi connectivity index (χ0) is 83.4. The molecule has 4 heterocycles. The number of amides is 6. The van der Waals surface area contributed by atoms with E-state index in [-0.39, 0.29) is 105 Å². The van der Waals surface area contributed by atoms with Crippen LogP contribution in [0.1, 0.15) is 143 Å². The summed E-state index contributed by atoms with van der Waals surface area (Å²) in [5.74, 6) is -2.50. The molecule has 2 aromatic heterocycles. The summed E-state index contributed by atoms with van der Waals surface area (Å²) in [7, 11) is -8.41. The number of carbonyl (C=O) groups excluding carboxylic acids is 6. The number of sulfonamides is 1. The van der Waals surface area contributed by atoms with Gasteiger partial charge in [-0.2, -0.15) is 13.0 Å². The predicted octanol–water partition coefficient (Wildman–Crippen LogP) is -1.34. The Morgan fingerprint density at radius 1 is 0.646 bits per heavy atom. The summed E-state index contributed by atoms with van der Waals surface area (Å²) in [6, 6.07) is 9.25. The summed E-state index contributed by atoms with van der Waals surface area (Å²) in [4.78, 5) is 79.1. The molecule has 4 aromatic rings. The lowest BCUT2D eigenvalue weighted by atomic mass is 9.80. The van der Waals surface area contributed by atoms with Gasteiger partial charge in [0.1, 0.15) is 49.2 Å². The molecule has 0 spiro atoms. The van der Waals surface area contributed by atoms with E-state index in [0.29, 0.717) is 92.7 Å². The Labute approximate surface area is 660 Å². The molecule has 0 aliphatic carbocycles. The van der Waals surface area contributed by atoms with Crippen LogP contribution in [0.2, 0.25) is 0 Å². The number of aliphatic hydroxyl groups is 10. The molecule has 37 nitrogen and oxygen atoms in total. The van der Waals surface area contributed by atoms with E-state index in [9.17, 15) is 96.1 Å². The van der Waals surface area contributed by atoms with Gasteiger partial charge in [-0.1, -0.05) is 60.8 Å². The average Bonchev–Trinajstić information content (AvgIpc) is 1.60. The number of nitrogens with two attached hydrogens (primary N) is 1. The molecular formula is C73H109N14O23S3+. The maximum absolute atomic E-state index is 13.6. The first-order chi connectivity index (χ1) is 53.4. The highest BCUT2D eigenvalue weighted by atomic mass is 32.2. The van der Waals surface area contributed by atoms with Crippen LogP contribution in [0.3, 0.4) is 0 Å². The fourth-order valence-electron chi connectivity index (χ4n) is 12.5. The third-order valence-electron chi connectivity index (χ3n) is 19.0. The van der Waals surface area contributed by atoms with E-state index < -0.39 is 134 Å². The van der Waals surface area contributed by atoms with Crippen molar-refractivity contribution in [1.82, 2.24) is 51.8 Å². The molecule has 2 aromatic carbocycles. The van der Waals surface area contributed by atoms with E-state index >= 15 is 0 Å². The van der Waals surface area contributed by atoms with Crippen molar-refractivity contribution in [3.63, 3.8) is 0 Å². The standard InChI is InChI=1S/C73H108N14O23S3/c1-45(113(106,107)108)28-33-87-54-27-25-48(68(102)78-41-56(92)64(98)66(100)58(94)44-89)39-51(54)73(5,6)60(87)21-12-9-7-8-11-20-59-72(3,4)50-38-47(67(101)77-40-55(91)63(97)65(99)57(93)43-88)24-26-53(50)86(59)32-15-10-13-22-61(95)75-29-34-109-36-37-110-35-30-76-69(103)52(79-46(2)90)19-14-16-31-85-42-49(81-84-85)18-17-23-62(96)80-70-82-83-71(111-70)112(74,104)105/h7-9,11-12,20-21,24-27,38-39,42,45,52,55-58,63-66,88-89,91-94,97-100H,10,13-19,22-23,28-37,40-41,43-44H2,1-6H3,(H8-,74,75,76,77,78,79,80,82,90,95,96,101,102,103,104,105,106,107,108)/p+1/t45?,52?,55-,56-,57+,58+,63+,64+,65+,66+/m0/s1. The number of fused-ring (bicyclic) bond motifs is 2. The van der Waals surface area contributed by atoms with Gasteiger partial charge in [0.05, 0.1) is 68.2 Å². The fourth-order valence-corrected chi connectivity index (χ4v) is 14.2. The Morgan fingerprint density at radius 2 is 1.23 bits per heavy atom. The second-order valence-corrected chi connectivity index (χ2v) is 33.0. The number of unbranched alkanes of at least 4 members (excludes halogenated alkanes) is 3. The highest BCUT2D eigenvalue weighted by Gasteiger charge is 2.45. The number of rotatable bonds is 50. The van der Waals surface area contributed by atoms with Gasteiger partial charge in [0.15, 0.2) is 5.71 Å². The minimum absolute atomic E-state index is 0.0139. The molecule has 0 bridgehead atoms. The lowest BCUT2D eigenvalue weighted by Crippen LogP contribution is -2.49. The van der Waals surface area contributed by atoms with Crippen LogP contribution < -0.4 is 41.9 Å². The van der Waals surface area contributed by atoms with Gasteiger partial charge in [-0.05, 0) is 114 Å². The maximum atomic E-state index is 13.6. The van der Waals surface area contributed by atoms with Crippen molar-refractivity contribution in [2.24, 2.45) is 5.14 Å². The van der Waals surface area contributed by atoms with Crippen molar-refractivity contribution in [1.29, 1.82) is 0 Å². The van der Waals surface area contributed by atoms with Gasteiger partial charge in [0, 0.05) is 117 Å². The SMILES string of the molecule is CC(=O)NC(CCCCn1cc(CCCC(=O)Nc2nnc(S(N)(=O)=O)s2)nn1)C(=O)NCCOCCOCCNC(=O)CCCCC[N+]1=C(C=CC=CC=CC=C2N(CCC(C)S(=O)(=O)O)c3ccc(C(=O)NC[C@H](O)[C@@H](O)[C@H](O)[C@H](O)CO)cc3C2(C)C)C(C)(C)c2cc(C(=O)NC[C@H](O)[C@@H](O)[C@H](O)[C@H](O)CO)ccc21. The number of benzene rings is 2. The number of aromatic nitrogens is 5. The van der Waals surface area contributed by atoms with E-state index in [0.717, 1.165) is 22.7 Å². The average molecular weight is 1650 g/mol. The number of aryl methyl sites for hydroxylation is 2. The molecule has 2 unspecified atom stereocenters. The van der Waals surface area contributed by atoms with Gasteiger partial charge in [0.25, 0.3) is 32.0 Å². The van der Waals surface area contributed by atoms with Gasteiger partial charge in [-0.15, -0.1) is 15.3 Å². The maximum Gasteiger partial charge on any atom is 0.267 e. The molecule has 2 aliphatic rings. The minimum Gasteiger partial charge on any atom is -0.394 e. The number of anilines is 2. The summed E-state index contributed by atoms with van der Waals surface area (Å²) >= 11 is 0.647. The van der Waals surface area contributed by atoms with Crippen molar-refractivity contribution in [2.75, 3.05) is 89.1 Å². The molecule has 10 atom stereocenters. The van der Waals surface area contributed by atoms with Crippen LogP contribution in [0, 0.1) is 0 Å². The third kappa shape index (κ3) is 28.3. The number of nitrogens with one attached hydrogen (secondary N) is 6. The number of ether oxygens (including phenoxy) is 2. The van der Waals surface area contributed by atoms with Gasteiger partial charge in [0.2, 0.25) is 38.8 Å². The highest BCUT2D eigenvalue weighted by molar-refractivity contribution is 7.91. The van der Waals surface area contributed by atoms with E-state index in [1.807, 2.05) is 63.0 Å². The Balaban J connectivity index is 0.978. The first-order valence-electron chi connectivity index (χ1n) is 37.1. The molecule has 6 amide bonds. The van der Waals surface area contributed by atoms with Crippen molar-refractivity contribution < 1.29 is 115 Å². The van der Waals surface area contributed by atoms with Crippen molar-refractivity contribution >= 4 is 89.1 Å². The molecule has 0 radical (unpaired) electrons. The molecule has 0 fully saturated rings. The summed E-state index contributed by atoms with van der Waals surface area (Å²) in [5, 5.41) is 135. The van der Waals surface area contributed by atoms with Crippen LogP contribution in [-0.4, -0.2) is 282 Å². The smallest absolute Gasteiger partial charge is 0.267 e. The zero-order valence-electron chi connectivity index (χ0n) is 64.1. The molecule has 626 valence electrons. The van der Waals surface area contributed by atoms with Crippen molar-refractivity contribution in [3.05, 3.63) is 119 Å². The molecule has 2 aliphatic heterocycles. The first-order valence-corrected chi connectivity index (χ1v) is 40.9. The Hall–Kier alpha value is -8.27. The topological polar surface area (TPSA) is 573 Å². The number of hydrogen-bond acceptors (Lipinski definition) is 28. The van der Waals surface area contributed by atoms with Crippen LogP contribution in [0.15, 0.2) is 95.2 Å². The molecule has 6 rings (SSSR count). The van der Waals surface area contributed by atoms with Gasteiger partial charge >= 0.3 is 0 Å². The van der Waals surface area contributed by atoms with Crippen LogP contribution in [0.25, 0.3) is 0 Å². The first kappa shape index (κ1) is 93.6. The molecule has 40 heteroatoms. The van der Waals surface area contributed by atoms with Crippen LogP contribution >= 0.6 is 11.3 Å². The Bertz CT molecular complexity index is 4240. The van der Waals surface area contributed by atoms with Crippen molar-refractivity contribution in [2.45, 2.75) is 194 Å². The van der Waals surface area contributed by atoms with Crippen LogP contribution in [0.5, 0.6) is 0 Å². The molecular weight excluding hydrogens is 1540 g/mol. The quantitative estimate of drug-likeness (QED) is 0.00800. The highest BCUT2D eigenvalue weighted by Crippen LogP contribution is 2.48. The van der Waals surface area contributed by atoms with E-state index in [2.05, 4.69) is 57.0 Å². The summed E-state index contributed by atoms with van der Waals surface area (Å²) in [6.07, 6.45) is 4.95. The number of primary sulfonamides is 1. The van der Waals surface area contributed by atoms with E-state index in [1.54, 1.807) is 53.4 Å². The summed E-state index contributed by atoms with van der Waals surface area (Å²) < 4.78 is 71.6. The summed E-state index contributed by atoms with van der Waals surface area (Å²) in [5.41, 5.74) is 4.14. The lowest BCUT2D eigenvalue weighted by Gasteiger charge is -2.27. The monoisotopic (exact) mass is 1650 g/mol.